The molecule has 0 radical (unpaired) electrons. The average Bonchev–Trinajstić information content (AvgIpc) is 3.19. The lowest BCUT2D eigenvalue weighted by molar-refractivity contribution is -0.116. The van der Waals surface area contributed by atoms with Gasteiger partial charge in [0.05, 0.1) is 11.2 Å². The molecular weight excluding hydrogens is 405 g/mol. The number of thiophene rings is 1. The molecule has 1 N–H and O–H groups in total. The van der Waals surface area contributed by atoms with Gasteiger partial charge in [0, 0.05) is 5.69 Å². The SMILES string of the molecule is Cc1ccccc1NC(=O)Cn1c(=O)n(-c2ccc(F)cc2C)c(=O)c2sccc21. The first kappa shape index (κ1) is 19.8. The van der Waals surface area contributed by atoms with Crippen molar-refractivity contribution in [2.24, 2.45) is 0 Å². The van der Waals surface area contributed by atoms with E-state index in [4.69, 9.17) is 0 Å². The van der Waals surface area contributed by atoms with Crippen molar-refractivity contribution in [3.05, 3.63) is 91.7 Å². The molecule has 1 amide bonds. The van der Waals surface area contributed by atoms with Crippen molar-refractivity contribution in [1.82, 2.24) is 9.13 Å². The number of carbonyl (C=O) groups is 1. The summed E-state index contributed by atoms with van der Waals surface area (Å²) in [6.45, 7) is 3.23. The molecule has 6 nitrogen and oxygen atoms in total. The van der Waals surface area contributed by atoms with Crippen LogP contribution in [0.2, 0.25) is 0 Å². The van der Waals surface area contributed by atoms with Crippen LogP contribution in [-0.2, 0) is 11.3 Å². The normalized spacial score (nSPS) is 11.0. The Morgan fingerprint density at radius 3 is 2.57 bits per heavy atom. The third-order valence-corrected chi connectivity index (χ3v) is 5.77. The topological polar surface area (TPSA) is 73.1 Å². The number of para-hydroxylation sites is 1. The van der Waals surface area contributed by atoms with Crippen LogP contribution in [0.1, 0.15) is 11.1 Å². The van der Waals surface area contributed by atoms with Gasteiger partial charge in [0.25, 0.3) is 5.56 Å². The predicted octanol–water partition coefficient (Wildman–Crippen LogP) is 3.61. The Bertz CT molecular complexity index is 1400. The van der Waals surface area contributed by atoms with E-state index in [0.717, 1.165) is 10.1 Å². The van der Waals surface area contributed by atoms with Gasteiger partial charge in [0.1, 0.15) is 17.1 Å². The number of fused-ring (bicyclic) bond motifs is 1. The Balaban J connectivity index is 1.83. The Hall–Kier alpha value is -3.52. The minimum absolute atomic E-state index is 0.263. The Labute approximate surface area is 174 Å². The van der Waals surface area contributed by atoms with E-state index in [0.29, 0.717) is 21.5 Å². The Morgan fingerprint density at radius 2 is 1.83 bits per heavy atom. The molecule has 152 valence electrons. The van der Waals surface area contributed by atoms with Crippen LogP contribution in [0.4, 0.5) is 10.1 Å². The standard InChI is InChI=1S/C22H18FN3O3S/c1-13-5-3-4-6-16(13)24-19(27)12-25-18-9-10-30-20(18)21(28)26(22(25)29)17-8-7-15(23)11-14(17)2/h3-11H,12H2,1-2H3,(H,24,27). The molecule has 0 spiro atoms. The van der Waals surface area contributed by atoms with Gasteiger partial charge in [-0.1, -0.05) is 18.2 Å². The molecular formula is C22H18FN3O3S. The molecule has 8 heteroatoms. The molecule has 0 unspecified atom stereocenters. The summed E-state index contributed by atoms with van der Waals surface area (Å²) in [6.07, 6.45) is 0. The zero-order chi connectivity index (χ0) is 21.4. The van der Waals surface area contributed by atoms with Gasteiger partial charge < -0.3 is 5.32 Å². The number of rotatable bonds is 4. The fourth-order valence-corrected chi connectivity index (χ4v) is 4.19. The van der Waals surface area contributed by atoms with Gasteiger partial charge in [-0.15, -0.1) is 11.3 Å². The van der Waals surface area contributed by atoms with E-state index in [2.05, 4.69) is 5.32 Å². The summed E-state index contributed by atoms with van der Waals surface area (Å²) >= 11 is 1.19. The first-order valence-electron chi connectivity index (χ1n) is 9.22. The monoisotopic (exact) mass is 423 g/mol. The first-order chi connectivity index (χ1) is 14.4. The number of aryl methyl sites for hydroxylation is 2. The molecule has 4 rings (SSSR count). The maximum absolute atomic E-state index is 13.5. The minimum atomic E-state index is -0.652. The average molecular weight is 423 g/mol. The molecule has 0 aliphatic heterocycles. The van der Waals surface area contributed by atoms with Gasteiger partial charge >= 0.3 is 5.69 Å². The zero-order valence-electron chi connectivity index (χ0n) is 16.3. The molecule has 4 aromatic rings. The second kappa shape index (κ2) is 7.72. The van der Waals surface area contributed by atoms with Crippen LogP contribution in [0, 0.1) is 19.7 Å². The molecule has 0 saturated carbocycles. The van der Waals surface area contributed by atoms with Gasteiger partial charge in [-0.2, -0.15) is 0 Å². The first-order valence-corrected chi connectivity index (χ1v) is 10.1. The highest BCUT2D eigenvalue weighted by atomic mass is 32.1. The van der Waals surface area contributed by atoms with E-state index in [1.54, 1.807) is 24.4 Å². The summed E-state index contributed by atoms with van der Waals surface area (Å²) in [5, 5.41) is 4.50. The van der Waals surface area contributed by atoms with Crippen molar-refractivity contribution < 1.29 is 9.18 Å². The highest BCUT2D eigenvalue weighted by Gasteiger charge is 2.19. The summed E-state index contributed by atoms with van der Waals surface area (Å²) in [7, 11) is 0. The summed E-state index contributed by atoms with van der Waals surface area (Å²) in [6, 6.07) is 12.8. The van der Waals surface area contributed by atoms with E-state index in [1.807, 2.05) is 25.1 Å². The third kappa shape index (κ3) is 3.46. The number of nitrogens with one attached hydrogen (secondary N) is 1. The molecule has 0 bridgehead atoms. The number of benzene rings is 2. The van der Waals surface area contributed by atoms with Crippen LogP contribution in [0.25, 0.3) is 15.9 Å². The number of aromatic nitrogens is 2. The lowest BCUT2D eigenvalue weighted by atomic mass is 10.2. The smallest absolute Gasteiger partial charge is 0.324 e. The largest absolute Gasteiger partial charge is 0.336 e. The number of amides is 1. The second-order valence-electron chi connectivity index (χ2n) is 6.94. The van der Waals surface area contributed by atoms with E-state index in [-0.39, 0.29) is 18.1 Å². The van der Waals surface area contributed by atoms with Crippen LogP contribution in [0.15, 0.2) is 63.5 Å². The zero-order valence-corrected chi connectivity index (χ0v) is 17.1. The van der Waals surface area contributed by atoms with Gasteiger partial charge in [0.2, 0.25) is 5.91 Å². The molecule has 2 aromatic carbocycles. The highest BCUT2D eigenvalue weighted by molar-refractivity contribution is 7.17. The maximum atomic E-state index is 13.5. The van der Waals surface area contributed by atoms with E-state index < -0.39 is 17.1 Å². The lowest BCUT2D eigenvalue weighted by Gasteiger charge is -2.14. The number of hydrogen-bond acceptors (Lipinski definition) is 4. The molecule has 0 saturated heterocycles. The van der Waals surface area contributed by atoms with Crippen molar-refractivity contribution in [2.45, 2.75) is 20.4 Å². The van der Waals surface area contributed by atoms with Gasteiger partial charge in [0.15, 0.2) is 0 Å². The minimum Gasteiger partial charge on any atom is -0.324 e. The van der Waals surface area contributed by atoms with Crippen LogP contribution in [0.3, 0.4) is 0 Å². The molecule has 2 heterocycles. The molecule has 0 aliphatic carbocycles. The summed E-state index contributed by atoms with van der Waals surface area (Å²) in [5.74, 6) is -0.848. The van der Waals surface area contributed by atoms with Gasteiger partial charge in [-0.05, 0) is 60.7 Å². The molecule has 0 fully saturated rings. The maximum Gasteiger partial charge on any atom is 0.336 e. The number of carbonyl (C=O) groups excluding carboxylic acids is 1. The van der Waals surface area contributed by atoms with Crippen molar-refractivity contribution in [1.29, 1.82) is 0 Å². The van der Waals surface area contributed by atoms with Crippen LogP contribution in [0.5, 0.6) is 0 Å². The van der Waals surface area contributed by atoms with E-state index in [1.165, 1.54) is 34.1 Å². The van der Waals surface area contributed by atoms with Crippen LogP contribution in [-0.4, -0.2) is 15.0 Å². The van der Waals surface area contributed by atoms with E-state index >= 15 is 0 Å². The highest BCUT2D eigenvalue weighted by Crippen LogP contribution is 2.19. The predicted molar refractivity (Wildman–Crippen MR) is 116 cm³/mol. The number of anilines is 1. The Morgan fingerprint density at radius 1 is 1.07 bits per heavy atom. The lowest BCUT2D eigenvalue weighted by Crippen LogP contribution is -2.40. The Kier molecular flexibility index (Phi) is 5.09. The molecule has 2 aromatic heterocycles. The van der Waals surface area contributed by atoms with Crippen molar-refractivity contribution in [3.63, 3.8) is 0 Å². The van der Waals surface area contributed by atoms with Gasteiger partial charge in [-0.25, -0.2) is 13.8 Å². The molecule has 30 heavy (non-hydrogen) atoms. The summed E-state index contributed by atoms with van der Waals surface area (Å²) in [4.78, 5) is 38.9. The quantitative estimate of drug-likeness (QED) is 0.545. The van der Waals surface area contributed by atoms with Crippen LogP contribution >= 0.6 is 11.3 Å². The van der Waals surface area contributed by atoms with E-state index in [9.17, 15) is 18.8 Å². The molecule has 0 atom stereocenters. The van der Waals surface area contributed by atoms with Crippen molar-refractivity contribution >= 4 is 33.1 Å². The van der Waals surface area contributed by atoms with Gasteiger partial charge in [-0.3, -0.25) is 14.2 Å². The number of nitrogens with zero attached hydrogens (tertiary/aromatic N) is 2. The third-order valence-electron chi connectivity index (χ3n) is 4.88. The fraction of sp³-hybridized carbons (Fsp3) is 0.136. The van der Waals surface area contributed by atoms with Crippen molar-refractivity contribution in [3.8, 4) is 5.69 Å². The second-order valence-corrected chi connectivity index (χ2v) is 7.85. The fourth-order valence-electron chi connectivity index (χ4n) is 3.37. The van der Waals surface area contributed by atoms with Crippen molar-refractivity contribution in [2.75, 3.05) is 5.32 Å². The molecule has 0 aliphatic rings. The summed E-state index contributed by atoms with van der Waals surface area (Å²) < 4.78 is 16.1. The van der Waals surface area contributed by atoms with Crippen LogP contribution < -0.4 is 16.6 Å². The number of hydrogen-bond donors (Lipinski definition) is 1. The summed E-state index contributed by atoms with van der Waals surface area (Å²) in [5.41, 5.74) is 1.53. The number of halogens is 1.